The fourth-order valence-corrected chi connectivity index (χ4v) is 4.22. The fourth-order valence-electron chi connectivity index (χ4n) is 3.75. The van der Waals surface area contributed by atoms with Crippen LogP contribution in [0, 0.1) is 11.3 Å². The van der Waals surface area contributed by atoms with Crippen molar-refractivity contribution in [3.63, 3.8) is 0 Å². The Morgan fingerprint density at radius 3 is 2.71 bits per heavy atom. The Kier molecular flexibility index (Phi) is 5.07. The topological polar surface area (TPSA) is 47.2 Å². The Balaban J connectivity index is 1.58. The summed E-state index contributed by atoms with van der Waals surface area (Å²) in [5.74, 6) is 1.34. The van der Waals surface area contributed by atoms with Gasteiger partial charge in [-0.05, 0) is 53.6 Å². The first-order valence-corrected chi connectivity index (χ1v) is 10.4. The van der Waals surface area contributed by atoms with Gasteiger partial charge < -0.3 is 14.0 Å². The first-order chi connectivity index (χ1) is 15.1. The van der Waals surface area contributed by atoms with Crippen LogP contribution >= 0.6 is 23.2 Å². The van der Waals surface area contributed by atoms with Crippen molar-refractivity contribution >= 4 is 45.8 Å². The molecule has 0 bridgehead atoms. The Labute approximate surface area is 189 Å². The maximum absolute atomic E-state index is 9.84. The molecular weight excluding hydrogens is 431 g/mol. The molecule has 0 atom stereocenters. The number of hydrogen-bond acceptors (Lipinski definition) is 3. The van der Waals surface area contributed by atoms with Crippen molar-refractivity contribution in [2.24, 2.45) is 0 Å². The minimum atomic E-state index is 0.200. The normalized spacial score (nSPS) is 12.9. The van der Waals surface area contributed by atoms with E-state index in [1.807, 2.05) is 54.7 Å². The van der Waals surface area contributed by atoms with E-state index in [0.717, 1.165) is 27.6 Å². The number of fused-ring (bicyclic) bond motifs is 2. The molecule has 31 heavy (non-hydrogen) atoms. The van der Waals surface area contributed by atoms with E-state index in [0.29, 0.717) is 33.7 Å². The number of rotatable bonds is 4. The summed E-state index contributed by atoms with van der Waals surface area (Å²) < 4.78 is 13.0. The van der Waals surface area contributed by atoms with Gasteiger partial charge in [-0.3, -0.25) is 0 Å². The second-order valence-corrected chi connectivity index (χ2v) is 8.05. The second kappa shape index (κ2) is 8.03. The number of benzene rings is 3. The average Bonchev–Trinajstić information content (AvgIpc) is 3.38. The van der Waals surface area contributed by atoms with Gasteiger partial charge in [0.15, 0.2) is 11.5 Å². The van der Waals surface area contributed by atoms with E-state index in [1.54, 1.807) is 6.07 Å². The summed E-state index contributed by atoms with van der Waals surface area (Å²) in [5, 5.41) is 12.1. The Bertz CT molecular complexity index is 1380. The number of hydrogen-bond donors (Lipinski definition) is 0. The van der Waals surface area contributed by atoms with Crippen LogP contribution in [0.1, 0.15) is 16.7 Å². The van der Waals surface area contributed by atoms with Crippen molar-refractivity contribution in [3.05, 3.63) is 93.6 Å². The number of allylic oxidation sites excluding steroid dienone is 1. The van der Waals surface area contributed by atoms with E-state index in [1.165, 1.54) is 0 Å². The number of ether oxygens (including phenoxy) is 2. The quantitative estimate of drug-likeness (QED) is 0.324. The largest absolute Gasteiger partial charge is 0.454 e. The van der Waals surface area contributed by atoms with Crippen LogP contribution in [0.3, 0.4) is 0 Å². The number of para-hydroxylation sites is 1. The van der Waals surface area contributed by atoms with Crippen molar-refractivity contribution in [1.29, 1.82) is 5.26 Å². The summed E-state index contributed by atoms with van der Waals surface area (Å²) in [4.78, 5) is 0. The van der Waals surface area contributed by atoms with Crippen LogP contribution in [0.15, 0.2) is 66.9 Å². The van der Waals surface area contributed by atoms with Gasteiger partial charge in [-0.15, -0.1) is 0 Å². The molecule has 0 N–H and O–H groups in total. The molecule has 4 nitrogen and oxygen atoms in total. The summed E-state index contributed by atoms with van der Waals surface area (Å²) in [7, 11) is 0. The second-order valence-electron chi connectivity index (χ2n) is 7.20. The lowest BCUT2D eigenvalue weighted by Crippen LogP contribution is -1.98. The van der Waals surface area contributed by atoms with Gasteiger partial charge in [0.05, 0.1) is 11.6 Å². The molecule has 6 heteroatoms. The maximum atomic E-state index is 9.84. The molecule has 0 aliphatic carbocycles. The average molecular weight is 447 g/mol. The first-order valence-electron chi connectivity index (χ1n) is 9.66. The van der Waals surface area contributed by atoms with Crippen molar-refractivity contribution in [2.45, 2.75) is 6.54 Å². The van der Waals surface area contributed by atoms with Gasteiger partial charge in [-0.2, -0.15) is 5.26 Å². The molecule has 4 aromatic rings. The molecule has 0 saturated carbocycles. The lowest BCUT2D eigenvalue weighted by Gasteiger charge is -2.08. The summed E-state index contributed by atoms with van der Waals surface area (Å²) >= 11 is 12.4. The van der Waals surface area contributed by atoms with Gasteiger partial charge in [0.2, 0.25) is 6.79 Å². The Morgan fingerprint density at radius 1 is 1.03 bits per heavy atom. The fraction of sp³-hybridized carbons (Fsp3) is 0.0800. The highest BCUT2D eigenvalue weighted by Gasteiger charge is 2.16. The standard InChI is InChI=1S/C25H16Cl2N2O2/c26-20-7-5-17(22(27)11-20)13-29-14-19(21-3-1-2-4-23(21)29)9-18(12-28)16-6-8-24-25(10-16)31-15-30-24/h1-11,14H,13,15H2/b18-9-. The zero-order chi connectivity index (χ0) is 21.4. The molecule has 0 unspecified atom stereocenters. The first kappa shape index (κ1) is 19.6. The van der Waals surface area contributed by atoms with Crippen LogP contribution in [-0.4, -0.2) is 11.4 Å². The van der Waals surface area contributed by atoms with Gasteiger partial charge in [0.25, 0.3) is 0 Å². The van der Waals surface area contributed by atoms with Gasteiger partial charge in [-0.25, -0.2) is 0 Å². The minimum Gasteiger partial charge on any atom is -0.454 e. The molecule has 152 valence electrons. The third-order valence-corrected chi connectivity index (χ3v) is 5.87. The lowest BCUT2D eigenvalue weighted by atomic mass is 10.0. The van der Waals surface area contributed by atoms with Crippen LogP contribution in [-0.2, 0) is 6.54 Å². The Morgan fingerprint density at radius 2 is 1.87 bits per heavy atom. The van der Waals surface area contributed by atoms with Crippen LogP contribution in [0.25, 0.3) is 22.6 Å². The summed E-state index contributed by atoms with van der Waals surface area (Å²) in [6.45, 7) is 0.793. The molecule has 1 aliphatic heterocycles. The summed E-state index contributed by atoms with van der Waals surface area (Å²) in [6, 6.07) is 21.5. The van der Waals surface area contributed by atoms with E-state index in [-0.39, 0.29) is 6.79 Å². The van der Waals surface area contributed by atoms with Crippen molar-refractivity contribution in [1.82, 2.24) is 4.57 Å². The highest BCUT2D eigenvalue weighted by Crippen LogP contribution is 2.35. The predicted molar refractivity (Wildman–Crippen MR) is 124 cm³/mol. The molecule has 3 aromatic carbocycles. The van der Waals surface area contributed by atoms with E-state index in [2.05, 4.69) is 22.8 Å². The number of halogens is 2. The van der Waals surface area contributed by atoms with E-state index in [9.17, 15) is 5.26 Å². The van der Waals surface area contributed by atoms with E-state index >= 15 is 0 Å². The van der Waals surface area contributed by atoms with Gasteiger partial charge in [0, 0.05) is 39.3 Å². The van der Waals surface area contributed by atoms with Gasteiger partial charge >= 0.3 is 0 Å². The number of nitriles is 1. The van der Waals surface area contributed by atoms with Crippen LogP contribution < -0.4 is 9.47 Å². The van der Waals surface area contributed by atoms with Crippen LogP contribution in [0.2, 0.25) is 10.0 Å². The molecular formula is C25H16Cl2N2O2. The molecule has 1 aromatic heterocycles. The van der Waals surface area contributed by atoms with Gasteiger partial charge in [0.1, 0.15) is 0 Å². The molecule has 0 fully saturated rings. The Hall–Kier alpha value is -3.39. The number of aromatic nitrogens is 1. The highest BCUT2D eigenvalue weighted by molar-refractivity contribution is 6.35. The SMILES string of the molecule is N#C/C(=C/c1cn(Cc2ccc(Cl)cc2Cl)c2ccccc12)c1ccc2c(c1)OCO2. The monoisotopic (exact) mass is 446 g/mol. The highest BCUT2D eigenvalue weighted by atomic mass is 35.5. The third-order valence-electron chi connectivity index (χ3n) is 5.28. The summed E-state index contributed by atoms with van der Waals surface area (Å²) in [6.07, 6.45) is 3.94. The van der Waals surface area contributed by atoms with Crippen molar-refractivity contribution in [2.75, 3.05) is 6.79 Å². The number of nitrogens with zero attached hydrogens (tertiary/aromatic N) is 2. The minimum absolute atomic E-state index is 0.200. The molecule has 0 amide bonds. The van der Waals surface area contributed by atoms with Crippen LogP contribution in [0.5, 0.6) is 11.5 Å². The molecule has 2 heterocycles. The molecule has 0 radical (unpaired) electrons. The van der Waals surface area contributed by atoms with Gasteiger partial charge in [-0.1, -0.05) is 47.5 Å². The zero-order valence-corrected chi connectivity index (χ0v) is 17.8. The van der Waals surface area contributed by atoms with E-state index in [4.69, 9.17) is 32.7 Å². The maximum Gasteiger partial charge on any atom is 0.231 e. The lowest BCUT2D eigenvalue weighted by molar-refractivity contribution is 0.174. The molecule has 1 aliphatic rings. The van der Waals surface area contributed by atoms with Crippen LogP contribution in [0.4, 0.5) is 0 Å². The molecule has 0 spiro atoms. The molecule has 5 rings (SSSR count). The van der Waals surface area contributed by atoms with Crippen molar-refractivity contribution in [3.8, 4) is 17.6 Å². The van der Waals surface area contributed by atoms with E-state index < -0.39 is 0 Å². The summed E-state index contributed by atoms with van der Waals surface area (Å²) in [5.41, 5.74) is 4.31. The molecule has 0 saturated heterocycles. The zero-order valence-electron chi connectivity index (χ0n) is 16.3. The predicted octanol–water partition coefficient (Wildman–Crippen LogP) is 6.79. The smallest absolute Gasteiger partial charge is 0.231 e. The third kappa shape index (κ3) is 3.74. The van der Waals surface area contributed by atoms with Crippen molar-refractivity contribution < 1.29 is 9.47 Å².